The summed E-state index contributed by atoms with van der Waals surface area (Å²) in [5.41, 5.74) is 1.47. The van der Waals surface area contributed by atoms with E-state index in [1.807, 2.05) is 36.4 Å². The monoisotopic (exact) mass is 365 g/mol. The first-order chi connectivity index (χ1) is 13.2. The second-order valence-corrected chi connectivity index (χ2v) is 5.79. The van der Waals surface area contributed by atoms with Gasteiger partial charge in [-0.25, -0.2) is 9.78 Å². The van der Waals surface area contributed by atoms with Crippen LogP contribution in [0, 0.1) is 0 Å². The van der Waals surface area contributed by atoms with Gasteiger partial charge in [-0.3, -0.25) is 4.79 Å². The van der Waals surface area contributed by atoms with Crippen LogP contribution in [0.25, 0.3) is 11.3 Å². The van der Waals surface area contributed by atoms with Crippen LogP contribution in [0.15, 0.2) is 71.3 Å². The van der Waals surface area contributed by atoms with Crippen molar-refractivity contribution in [2.75, 3.05) is 7.11 Å². The lowest BCUT2D eigenvalue weighted by molar-refractivity contribution is -0.166. The number of rotatable bonds is 7. The fourth-order valence-corrected chi connectivity index (χ4v) is 2.55. The highest BCUT2D eigenvalue weighted by molar-refractivity contribution is 5.80. The highest BCUT2D eigenvalue weighted by Gasteiger charge is 2.25. The maximum atomic E-state index is 12.2. The highest BCUT2D eigenvalue weighted by atomic mass is 16.6. The average molecular weight is 365 g/mol. The molecule has 6 nitrogen and oxygen atoms in total. The van der Waals surface area contributed by atoms with Crippen molar-refractivity contribution in [2.24, 2.45) is 0 Å². The van der Waals surface area contributed by atoms with Gasteiger partial charge in [0.2, 0.25) is 6.10 Å². The molecule has 6 heteroatoms. The fraction of sp³-hybridized carbons (Fsp3) is 0.190. The van der Waals surface area contributed by atoms with Crippen molar-refractivity contribution in [3.05, 3.63) is 78.3 Å². The maximum absolute atomic E-state index is 12.2. The molecule has 0 radical (unpaired) electrons. The number of ether oxygens (including phenoxy) is 2. The minimum absolute atomic E-state index is 0.0368. The lowest BCUT2D eigenvalue weighted by Gasteiger charge is -2.15. The zero-order valence-electron chi connectivity index (χ0n) is 14.8. The number of esters is 2. The van der Waals surface area contributed by atoms with Gasteiger partial charge in [-0.15, -0.1) is 0 Å². The molecule has 0 aliphatic rings. The van der Waals surface area contributed by atoms with E-state index in [4.69, 9.17) is 13.9 Å². The van der Waals surface area contributed by atoms with Gasteiger partial charge in [-0.05, 0) is 0 Å². The standard InChI is InChI=1S/C21H19NO5/c1-25-21(24)20(16-10-6-3-7-11-16)27-19(23)13-12-18-22-14-17(26-18)15-8-4-2-5-9-15/h2-11,14,20H,12-13H2,1H3. The van der Waals surface area contributed by atoms with E-state index in [-0.39, 0.29) is 12.8 Å². The SMILES string of the molecule is COC(=O)C(OC(=O)CCc1ncc(-c2ccccc2)o1)c1ccccc1. The van der Waals surface area contributed by atoms with E-state index < -0.39 is 18.0 Å². The van der Waals surface area contributed by atoms with Crippen molar-refractivity contribution in [1.29, 1.82) is 0 Å². The van der Waals surface area contributed by atoms with Crippen molar-refractivity contribution >= 4 is 11.9 Å². The zero-order chi connectivity index (χ0) is 19.1. The molecule has 0 amide bonds. The molecule has 2 aromatic carbocycles. The van der Waals surface area contributed by atoms with Gasteiger partial charge in [0.05, 0.1) is 19.7 Å². The summed E-state index contributed by atoms with van der Waals surface area (Å²) in [4.78, 5) is 28.3. The van der Waals surface area contributed by atoms with Gasteiger partial charge >= 0.3 is 11.9 Å². The molecule has 0 N–H and O–H groups in total. The molecular formula is C21H19NO5. The number of aryl methyl sites for hydroxylation is 1. The second kappa shape index (κ2) is 8.80. The predicted octanol–water partition coefficient (Wildman–Crippen LogP) is 3.73. The Morgan fingerprint density at radius 2 is 1.70 bits per heavy atom. The number of oxazole rings is 1. The van der Waals surface area contributed by atoms with Crippen molar-refractivity contribution < 1.29 is 23.5 Å². The van der Waals surface area contributed by atoms with Gasteiger partial charge in [-0.2, -0.15) is 0 Å². The molecule has 0 saturated heterocycles. The largest absolute Gasteiger partial charge is 0.466 e. The van der Waals surface area contributed by atoms with Crippen molar-refractivity contribution in [1.82, 2.24) is 4.98 Å². The molecule has 138 valence electrons. The van der Waals surface area contributed by atoms with E-state index in [0.717, 1.165) is 5.56 Å². The van der Waals surface area contributed by atoms with E-state index in [1.165, 1.54) is 7.11 Å². The molecule has 0 aliphatic carbocycles. The van der Waals surface area contributed by atoms with Gasteiger partial charge in [0.15, 0.2) is 11.7 Å². The third-order valence-corrected chi connectivity index (χ3v) is 3.92. The summed E-state index contributed by atoms with van der Waals surface area (Å²) >= 11 is 0. The molecular weight excluding hydrogens is 346 g/mol. The van der Waals surface area contributed by atoms with Crippen LogP contribution in [0.5, 0.6) is 0 Å². The molecule has 27 heavy (non-hydrogen) atoms. The van der Waals surface area contributed by atoms with Crippen LogP contribution in [0.1, 0.15) is 24.0 Å². The smallest absolute Gasteiger partial charge is 0.351 e. The number of carbonyl (C=O) groups excluding carboxylic acids is 2. The molecule has 3 aromatic rings. The first-order valence-corrected chi connectivity index (χ1v) is 8.50. The Morgan fingerprint density at radius 1 is 1.04 bits per heavy atom. The fourth-order valence-electron chi connectivity index (χ4n) is 2.55. The van der Waals surface area contributed by atoms with E-state index in [1.54, 1.807) is 30.5 Å². The number of benzene rings is 2. The van der Waals surface area contributed by atoms with Crippen LogP contribution >= 0.6 is 0 Å². The summed E-state index contributed by atoms with van der Waals surface area (Å²) in [5, 5.41) is 0. The third kappa shape index (κ3) is 4.82. The summed E-state index contributed by atoms with van der Waals surface area (Å²) < 4.78 is 15.7. The Hall–Kier alpha value is -3.41. The Morgan fingerprint density at radius 3 is 2.37 bits per heavy atom. The molecule has 0 spiro atoms. The molecule has 0 aliphatic heterocycles. The zero-order valence-corrected chi connectivity index (χ0v) is 14.8. The summed E-state index contributed by atoms with van der Waals surface area (Å²) in [6.07, 6.45) is 0.842. The molecule has 1 heterocycles. The topological polar surface area (TPSA) is 78.6 Å². The summed E-state index contributed by atoms with van der Waals surface area (Å²) in [7, 11) is 1.25. The Balaban J connectivity index is 1.60. The summed E-state index contributed by atoms with van der Waals surface area (Å²) in [6, 6.07) is 18.3. The number of carbonyl (C=O) groups is 2. The first-order valence-electron chi connectivity index (χ1n) is 8.50. The predicted molar refractivity (Wildman–Crippen MR) is 97.6 cm³/mol. The van der Waals surface area contributed by atoms with Gasteiger partial charge in [0.25, 0.3) is 0 Å². The molecule has 1 unspecified atom stereocenters. The summed E-state index contributed by atoms with van der Waals surface area (Å²) in [6.45, 7) is 0. The second-order valence-electron chi connectivity index (χ2n) is 5.79. The van der Waals surface area contributed by atoms with Gasteiger partial charge < -0.3 is 13.9 Å². The number of nitrogens with zero attached hydrogens (tertiary/aromatic N) is 1. The van der Waals surface area contributed by atoms with Gasteiger partial charge in [0.1, 0.15) is 0 Å². The first kappa shape index (κ1) is 18.4. The molecule has 0 saturated carbocycles. The van der Waals surface area contributed by atoms with E-state index in [9.17, 15) is 9.59 Å². The molecule has 3 rings (SSSR count). The molecule has 0 fully saturated rings. The lowest BCUT2D eigenvalue weighted by atomic mass is 10.1. The van der Waals surface area contributed by atoms with Crippen LogP contribution < -0.4 is 0 Å². The minimum atomic E-state index is -1.09. The van der Waals surface area contributed by atoms with Crippen molar-refractivity contribution in [2.45, 2.75) is 18.9 Å². The highest BCUT2D eigenvalue weighted by Crippen LogP contribution is 2.22. The van der Waals surface area contributed by atoms with Crippen molar-refractivity contribution in [3.63, 3.8) is 0 Å². The van der Waals surface area contributed by atoms with Crippen molar-refractivity contribution in [3.8, 4) is 11.3 Å². The van der Waals surface area contributed by atoms with E-state index >= 15 is 0 Å². The molecule has 1 aromatic heterocycles. The Kier molecular flexibility index (Phi) is 5.99. The normalized spacial score (nSPS) is 11.6. The Labute approximate surface area is 156 Å². The van der Waals surface area contributed by atoms with Gasteiger partial charge in [-0.1, -0.05) is 60.7 Å². The lowest BCUT2D eigenvalue weighted by Crippen LogP contribution is -2.21. The van der Waals surface area contributed by atoms with Crippen LogP contribution in [0.4, 0.5) is 0 Å². The van der Waals surface area contributed by atoms with Crippen LogP contribution in [0.2, 0.25) is 0 Å². The van der Waals surface area contributed by atoms with E-state index in [0.29, 0.717) is 17.2 Å². The van der Waals surface area contributed by atoms with Gasteiger partial charge in [0, 0.05) is 17.5 Å². The van der Waals surface area contributed by atoms with Crippen LogP contribution in [-0.2, 0) is 25.5 Å². The quantitative estimate of drug-likeness (QED) is 0.594. The number of aromatic nitrogens is 1. The summed E-state index contributed by atoms with van der Waals surface area (Å²) in [5.74, 6) is -0.0958. The number of methoxy groups -OCH3 is 1. The minimum Gasteiger partial charge on any atom is -0.466 e. The van der Waals surface area contributed by atoms with Crippen LogP contribution in [-0.4, -0.2) is 24.0 Å². The average Bonchev–Trinajstić information content (AvgIpc) is 3.20. The van der Waals surface area contributed by atoms with Crippen LogP contribution in [0.3, 0.4) is 0 Å². The number of hydrogen-bond acceptors (Lipinski definition) is 6. The molecule has 0 bridgehead atoms. The number of hydrogen-bond donors (Lipinski definition) is 0. The van der Waals surface area contributed by atoms with E-state index in [2.05, 4.69) is 4.98 Å². The molecule has 1 atom stereocenters. The maximum Gasteiger partial charge on any atom is 0.351 e. The third-order valence-electron chi connectivity index (χ3n) is 3.92. The Bertz CT molecular complexity index is 889.